The Kier molecular flexibility index (Phi) is 5.36. The minimum Gasteiger partial charge on any atom is -0.358 e. The summed E-state index contributed by atoms with van der Waals surface area (Å²) < 4.78 is 0. The van der Waals surface area contributed by atoms with Crippen molar-refractivity contribution in [3.8, 4) is 0 Å². The highest BCUT2D eigenvalue weighted by atomic mass is 16.2. The van der Waals surface area contributed by atoms with E-state index in [0.29, 0.717) is 0 Å². The molecule has 0 heterocycles. The molecule has 0 bridgehead atoms. The van der Waals surface area contributed by atoms with Gasteiger partial charge < -0.3 is 15.5 Å². The molecule has 0 atom stereocenters. The van der Waals surface area contributed by atoms with Gasteiger partial charge in [-0.15, -0.1) is 0 Å². The molecule has 0 radical (unpaired) electrons. The highest BCUT2D eigenvalue weighted by Crippen LogP contribution is 2.18. The Bertz CT molecular complexity index is 454. The Hall–Kier alpha value is -2.04. The van der Waals surface area contributed by atoms with Gasteiger partial charge in [0.15, 0.2) is 0 Å². The zero-order valence-electron chi connectivity index (χ0n) is 11.9. The highest BCUT2D eigenvalue weighted by Gasteiger charge is 2.14. The molecule has 1 rings (SSSR count). The van der Waals surface area contributed by atoms with Crippen molar-refractivity contribution in [2.45, 2.75) is 13.8 Å². The molecule has 0 fully saturated rings. The molecule has 0 aliphatic heterocycles. The summed E-state index contributed by atoms with van der Waals surface area (Å²) in [7, 11) is 3.17. The van der Waals surface area contributed by atoms with E-state index in [-0.39, 0.29) is 24.9 Å². The quantitative estimate of drug-likeness (QED) is 0.818. The first-order valence-corrected chi connectivity index (χ1v) is 6.21. The first kappa shape index (κ1) is 15.0. The molecule has 5 heteroatoms. The predicted octanol–water partition coefficient (Wildman–Crippen LogP) is 0.602. The second-order valence-corrected chi connectivity index (χ2v) is 4.47. The third kappa shape index (κ3) is 4.28. The summed E-state index contributed by atoms with van der Waals surface area (Å²) in [5, 5.41) is 5.14. The summed E-state index contributed by atoms with van der Waals surface area (Å²) >= 11 is 0. The molecule has 0 aliphatic rings. The summed E-state index contributed by atoms with van der Waals surface area (Å²) in [5.74, 6) is -0.246. The molecule has 2 N–H and O–H groups in total. The topological polar surface area (TPSA) is 61.4 Å². The van der Waals surface area contributed by atoms with Gasteiger partial charge in [-0.1, -0.05) is 6.07 Å². The average molecular weight is 263 g/mol. The molecule has 0 unspecified atom stereocenters. The molecular weight excluding hydrogens is 242 g/mol. The lowest BCUT2D eigenvalue weighted by Gasteiger charge is -2.23. The first-order valence-electron chi connectivity index (χ1n) is 6.21. The van der Waals surface area contributed by atoms with Crippen molar-refractivity contribution in [1.82, 2.24) is 10.6 Å². The normalized spacial score (nSPS) is 9.89. The van der Waals surface area contributed by atoms with Gasteiger partial charge in [-0.05, 0) is 37.1 Å². The van der Waals surface area contributed by atoms with E-state index in [9.17, 15) is 9.59 Å². The van der Waals surface area contributed by atoms with Crippen LogP contribution in [0.3, 0.4) is 0 Å². The molecule has 0 aromatic heterocycles. The van der Waals surface area contributed by atoms with Crippen LogP contribution in [0.5, 0.6) is 0 Å². The van der Waals surface area contributed by atoms with Crippen LogP contribution >= 0.6 is 0 Å². The number of likely N-dealkylation sites (N-methyl/N-ethyl adjacent to an activating group) is 2. The molecule has 1 aromatic rings. The van der Waals surface area contributed by atoms with E-state index in [1.54, 1.807) is 19.0 Å². The highest BCUT2D eigenvalue weighted by molar-refractivity contribution is 5.86. The first-order chi connectivity index (χ1) is 8.97. The second kappa shape index (κ2) is 6.78. The molecule has 0 spiro atoms. The van der Waals surface area contributed by atoms with Crippen LogP contribution in [0.1, 0.15) is 11.1 Å². The summed E-state index contributed by atoms with van der Waals surface area (Å²) in [6.07, 6.45) is 0. The number of carbonyl (C=O) groups is 2. The number of anilines is 1. The summed E-state index contributed by atoms with van der Waals surface area (Å²) in [6, 6.07) is 5.90. The fraction of sp³-hybridized carbons (Fsp3) is 0.429. The maximum absolute atomic E-state index is 11.5. The van der Waals surface area contributed by atoms with Gasteiger partial charge in [0.25, 0.3) is 0 Å². The van der Waals surface area contributed by atoms with Gasteiger partial charge in [0.2, 0.25) is 11.8 Å². The molecule has 2 amide bonds. The van der Waals surface area contributed by atoms with Crippen molar-refractivity contribution < 1.29 is 9.59 Å². The van der Waals surface area contributed by atoms with Crippen molar-refractivity contribution in [3.63, 3.8) is 0 Å². The third-order valence-corrected chi connectivity index (χ3v) is 3.08. The number of amides is 2. The number of aryl methyl sites for hydroxylation is 2. The van der Waals surface area contributed by atoms with Gasteiger partial charge in [-0.25, -0.2) is 0 Å². The zero-order valence-corrected chi connectivity index (χ0v) is 11.9. The largest absolute Gasteiger partial charge is 0.358 e. The lowest BCUT2D eigenvalue weighted by Crippen LogP contribution is -2.41. The molecule has 5 nitrogen and oxygen atoms in total. The van der Waals surface area contributed by atoms with Crippen LogP contribution < -0.4 is 15.5 Å². The van der Waals surface area contributed by atoms with Crippen LogP contribution in [-0.4, -0.2) is 39.0 Å². The number of benzene rings is 1. The number of nitrogens with one attached hydrogen (secondary N) is 2. The molecule has 104 valence electrons. The minimum atomic E-state index is -0.123. The Morgan fingerprint density at radius 3 is 1.95 bits per heavy atom. The molecular formula is C14H21N3O2. The lowest BCUT2D eigenvalue weighted by atomic mass is 10.1. The minimum absolute atomic E-state index is 0.123. The van der Waals surface area contributed by atoms with Gasteiger partial charge >= 0.3 is 0 Å². The fourth-order valence-corrected chi connectivity index (χ4v) is 1.67. The van der Waals surface area contributed by atoms with Crippen LogP contribution in [0, 0.1) is 13.8 Å². The van der Waals surface area contributed by atoms with E-state index in [4.69, 9.17) is 0 Å². The summed E-state index contributed by atoms with van der Waals surface area (Å²) in [4.78, 5) is 24.8. The summed E-state index contributed by atoms with van der Waals surface area (Å²) in [5.41, 5.74) is 3.19. The molecule has 0 saturated heterocycles. The summed E-state index contributed by atoms with van der Waals surface area (Å²) in [6.45, 7) is 4.36. The maximum Gasteiger partial charge on any atom is 0.239 e. The fourth-order valence-electron chi connectivity index (χ4n) is 1.67. The number of carbonyl (C=O) groups excluding carboxylic acids is 2. The van der Waals surface area contributed by atoms with Crippen LogP contribution in [-0.2, 0) is 9.59 Å². The zero-order chi connectivity index (χ0) is 14.4. The van der Waals surface area contributed by atoms with Gasteiger partial charge in [-0.2, -0.15) is 0 Å². The van der Waals surface area contributed by atoms with Gasteiger partial charge in [0, 0.05) is 19.8 Å². The van der Waals surface area contributed by atoms with E-state index < -0.39 is 0 Å². The van der Waals surface area contributed by atoms with Crippen molar-refractivity contribution in [1.29, 1.82) is 0 Å². The van der Waals surface area contributed by atoms with E-state index in [1.165, 1.54) is 5.56 Å². The Labute approximate surface area is 114 Å². The van der Waals surface area contributed by atoms with E-state index >= 15 is 0 Å². The van der Waals surface area contributed by atoms with Crippen LogP contribution in [0.2, 0.25) is 0 Å². The molecule has 1 aromatic carbocycles. The average Bonchev–Trinajstić information content (AvgIpc) is 2.40. The maximum atomic E-state index is 11.5. The monoisotopic (exact) mass is 263 g/mol. The van der Waals surface area contributed by atoms with Crippen LogP contribution in [0.4, 0.5) is 5.69 Å². The standard InChI is InChI=1S/C14H21N3O2/c1-10-5-6-12(7-11(10)2)17(8-13(18)15-3)9-14(19)16-4/h5-7H,8-9H2,1-4H3,(H,15,18)(H,16,19). The smallest absolute Gasteiger partial charge is 0.239 e. The van der Waals surface area contributed by atoms with Crippen molar-refractivity contribution in [3.05, 3.63) is 29.3 Å². The van der Waals surface area contributed by atoms with Crippen molar-refractivity contribution in [2.75, 3.05) is 32.1 Å². The lowest BCUT2D eigenvalue weighted by molar-refractivity contribution is -0.120. The van der Waals surface area contributed by atoms with Gasteiger partial charge in [-0.3, -0.25) is 9.59 Å². The number of rotatable bonds is 5. The van der Waals surface area contributed by atoms with E-state index in [0.717, 1.165) is 11.3 Å². The third-order valence-electron chi connectivity index (χ3n) is 3.08. The second-order valence-electron chi connectivity index (χ2n) is 4.47. The Morgan fingerprint density at radius 1 is 1.00 bits per heavy atom. The van der Waals surface area contributed by atoms with Crippen molar-refractivity contribution in [2.24, 2.45) is 0 Å². The van der Waals surface area contributed by atoms with E-state index in [1.807, 2.05) is 32.0 Å². The van der Waals surface area contributed by atoms with Crippen LogP contribution in [0.25, 0.3) is 0 Å². The molecule has 0 saturated carbocycles. The van der Waals surface area contributed by atoms with Gasteiger partial charge in [0.05, 0.1) is 13.1 Å². The van der Waals surface area contributed by atoms with Crippen molar-refractivity contribution >= 4 is 17.5 Å². The number of nitrogens with zero attached hydrogens (tertiary/aromatic N) is 1. The number of hydrogen-bond acceptors (Lipinski definition) is 3. The predicted molar refractivity (Wildman–Crippen MR) is 76.3 cm³/mol. The molecule has 19 heavy (non-hydrogen) atoms. The Balaban J connectivity index is 2.96. The van der Waals surface area contributed by atoms with Gasteiger partial charge in [0.1, 0.15) is 0 Å². The number of hydrogen-bond donors (Lipinski definition) is 2. The Morgan fingerprint density at radius 2 is 1.53 bits per heavy atom. The van der Waals surface area contributed by atoms with E-state index in [2.05, 4.69) is 10.6 Å². The van der Waals surface area contributed by atoms with Crippen LogP contribution in [0.15, 0.2) is 18.2 Å². The SMILES string of the molecule is CNC(=O)CN(CC(=O)NC)c1ccc(C)c(C)c1. The molecule has 0 aliphatic carbocycles.